The number of ether oxygens (including phenoxy) is 1. The second-order valence-corrected chi connectivity index (χ2v) is 3.59. The van der Waals surface area contributed by atoms with Gasteiger partial charge < -0.3 is 10.5 Å². The molecule has 1 unspecified atom stereocenters. The van der Waals surface area contributed by atoms with Gasteiger partial charge in [-0.25, -0.2) is 0 Å². The molecule has 0 saturated heterocycles. The van der Waals surface area contributed by atoms with Crippen LogP contribution in [0.25, 0.3) is 0 Å². The molecule has 2 N–H and O–H groups in total. The Hall–Kier alpha value is -1.35. The third kappa shape index (κ3) is 3.06. The number of carbonyl (C=O) groups is 1. The zero-order valence-electron chi connectivity index (χ0n) is 9.19. The summed E-state index contributed by atoms with van der Waals surface area (Å²) in [5, 5.41) is 0. The van der Waals surface area contributed by atoms with Crippen LogP contribution in [0.3, 0.4) is 0 Å². The van der Waals surface area contributed by atoms with Crippen molar-refractivity contribution < 1.29 is 9.53 Å². The minimum Gasteiger partial charge on any atom is -0.469 e. The number of carbonyl (C=O) groups excluding carboxylic acids is 1. The van der Waals surface area contributed by atoms with Gasteiger partial charge in [-0.3, -0.25) is 4.79 Å². The van der Waals surface area contributed by atoms with Crippen molar-refractivity contribution in [3.05, 3.63) is 35.4 Å². The average molecular weight is 207 g/mol. The molecule has 1 atom stereocenters. The molecule has 0 spiro atoms. The minimum atomic E-state index is -0.240. The maximum absolute atomic E-state index is 11.4. The van der Waals surface area contributed by atoms with E-state index in [2.05, 4.69) is 0 Å². The van der Waals surface area contributed by atoms with Gasteiger partial charge in [-0.15, -0.1) is 0 Å². The summed E-state index contributed by atoms with van der Waals surface area (Å²) in [6.45, 7) is 2.35. The van der Waals surface area contributed by atoms with Gasteiger partial charge in [0.25, 0.3) is 0 Å². The number of benzene rings is 1. The predicted octanol–water partition coefficient (Wildman–Crippen LogP) is 1.29. The lowest BCUT2D eigenvalue weighted by Gasteiger charge is -2.13. The number of esters is 1. The molecule has 0 radical (unpaired) electrons. The molecule has 0 aliphatic heterocycles. The smallest absolute Gasteiger partial charge is 0.310 e. The van der Waals surface area contributed by atoms with Crippen LogP contribution in [0, 0.1) is 12.8 Å². The summed E-state index contributed by atoms with van der Waals surface area (Å²) in [4.78, 5) is 11.4. The Morgan fingerprint density at radius 3 is 2.67 bits per heavy atom. The van der Waals surface area contributed by atoms with E-state index in [9.17, 15) is 4.79 Å². The van der Waals surface area contributed by atoms with Crippen molar-refractivity contribution in [1.82, 2.24) is 0 Å². The number of hydrogen-bond donors (Lipinski definition) is 1. The summed E-state index contributed by atoms with van der Waals surface area (Å²) in [6, 6.07) is 7.99. The van der Waals surface area contributed by atoms with E-state index in [-0.39, 0.29) is 11.9 Å². The Bertz CT molecular complexity index is 336. The van der Waals surface area contributed by atoms with Gasteiger partial charge in [0.2, 0.25) is 0 Å². The number of nitrogens with two attached hydrogens (primary N) is 1. The zero-order chi connectivity index (χ0) is 11.3. The Morgan fingerprint density at radius 1 is 1.47 bits per heavy atom. The van der Waals surface area contributed by atoms with Crippen LogP contribution >= 0.6 is 0 Å². The molecule has 0 saturated carbocycles. The number of methoxy groups -OCH3 is 1. The molecule has 0 fully saturated rings. The summed E-state index contributed by atoms with van der Waals surface area (Å²) in [6.07, 6.45) is 0.649. The van der Waals surface area contributed by atoms with Crippen LogP contribution in [0.4, 0.5) is 0 Å². The van der Waals surface area contributed by atoms with E-state index in [0.29, 0.717) is 13.0 Å². The van der Waals surface area contributed by atoms with Gasteiger partial charge in [-0.05, 0) is 24.5 Å². The fraction of sp³-hybridized carbons (Fsp3) is 0.417. The molecular weight excluding hydrogens is 190 g/mol. The van der Waals surface area contributed by atoms with E-state index < -0.39 is 0 Å². The van der Waals surface area contributed by atoms with Crippen molar-refractivity contribution in [2.75, 3.05) is 13.7 Å². The van der Waals surface area contributed by atoms with Crippen molar-refractivity contribution >= 4 is 5.97 Å². The lowest BCUT2D eigenvalue weighted by molar-refractivity contribution is -0.145. The van der Waals surface area contributed by atoms with Gasteiger partial charge in [0.1, 0.15) is 0 Å². The minimum absolute atomic E-state index is 0.235. The molecule has 3 nitrogen and oxygen atoms in total. The van der Waals surface area contributed by atoms with Crippen molar-refractivity contribution in [2.45, 2.75) is 13.3 Å². The summed E-state index contributed by atoms with van der Waals surface area (Å²) in [7, 11) is 1.39. The Labute approximate surface area is 90.2 Å². The lowest BCUT2D eigenvalue weighted by atomic mass is 9.96. The average Bonchev–Trinajstić information content (AvgIpc) is 2.27. The summed E-state index contributed by atoms with van der Waals surface area (Å²) < 4.78 is 4.70. The molecule has 1 rings (SSSR count). The van der Waals surface area contributed by atoms with E-state index in [1.807, 2.05) is 31.2 Å². The highest BCUT2D eigenvalue weighted by atomic mass is 16.5. The first-order valence-electron chi connectivity index (χ1n) is 5.01. The second-order valence-electron chi connectivity index (χ2n) is 3.59. The lowest BCUT2D eigenvalue weighted by Crippen LogP contribution is -2.27. The summed E-state index contributed by atoms with van der Waals surface area (Å²) >= 11 is 0. The van der Waals surface area contributed by atoms with E-state index in [1.165, 1.54) is 12.7 Å². The fourth-order valence-electron chi connectivity index (χ4n) is 1.53. The third-order valence-corrected chi connectivity index (χ3v) is 2.55. The number of hydrogen-bond acceptors (Lipinski definition) is 3. The maximum atomic E-state index is 11.4. The Kier molecular flexibility index (Phi) is 4.31. The highest BCUT2D eigenvalue weighted by molar-refractivity contribution is 5.73. The number of rotatable bonds is 4. The standard InChI is InChI=1S/C12H17NO2/c1-9-5-3-4-6-10(9)7-11(8-13)12(14)15-2/h3-6,11H,7-8,13H2,1-2H3. The van der Waals surface area contributed by atoms with Gasteiger partial charge >= 0.3 is 5.97 Å². The monoisotopic (exact) mass is 207 g/mol. The molecule has 15 heavy (non-hydrogen) atoms. The second kappa shape index (κ2) is 5.51. The normalized spacial score (nSPS) is 12.2. The first kappa shape index (κ1) is 11.7. The van der Waals surface area contributed by atoms with Gasteiger partial charge in [-0.2, -0.15) is 0 Å². The molecule has 0 aliphatic rings. The first-order chi connectivity index (χ1) is 7.19. The van der Waals surface area contributed by atoms with Gasteiger partial charge in [0, 0.05) is 6.54 Å². The van der Waals surface area contributed by atoms with Crippen LogP contribution in [-0.4, -0.2) is 19.6 Å². The highest BCUT2D eigenvalue weighted by Crippen LogP contribution is 2.13. The van der Waals surface area contributed by atoms with Crippen LogP contribution < -0.4 is 5.73 Å². The molecule has 0 heterocycles. The van der Waals surface area contributed by atoms with Gasteiger partial charge in [0.15, 0.2) is 0 Å². The first-order valence-corrected chi connectivity index (χ1v) is 5.01. The van der Waals surface area contributed by atoms with E-state index in [4.69, 9.17) is 10.5 Å². The van der Waals surface area contributed by atoms with Crippen LogP contribution in [0.15, 0.2) is 24.3 Å². The molecule has 82 valence electrons. The van der Waals surface area contributed by atoms with Crippen LogP contribution in [-0.2, 0) is 16.0 Å². The molecule has 0 aromatic heterocycles. The van der Waals surface area contributed by atoms with Gasteiger partial charge in [0.05, 0.1) is 13.0 Å². The molecule has 1 aromatic rings. The summed E-state index contributed by atoms with van der Waals surface area (Å²) in [5.74, 6) is -0.475. The quantitative estimate of drug-likeness (QED) is 0.757. The molecule has 0 aliphatic carbocycles. The topological polar surface area (TPSA) is 52.3 Å². The van der Waals surface area contributed by atoms with Crippen LogP contribution in [0.5, 0.6) is 0 Å². The Balaban J connectivity index is 2.75. The zero-order valence-corrected chi connectivity index (χ0v) is 9.19. The summed E-state index contributed by atoms with van der Waals surface area (Å²) in [5.41, 5.74) is 7.88. The van der Waals surface area contributed by atoms with Crippen LogP contribution in [0.2, 0.25) is 0 Å². The maximum Gasteiger partial charge on any atom is 0.310 e. The van der Waals surface area contributed by atoms with E-state index in [0.717, 1.165) is 5.56 Å². The van der Waals surface area contributed by atoms with Crippen molar-refractivity contribution in [3.63, 3.8) is 0 Å². The Morgan fingerprint density at radius 2 is 2.13 bits per heavy atom. The van der Waals surface area contributed by atoms with Gasteiger partial charge in [-0.1, -0.05) is 24.3 Å². The third-order valence-electron chi connectivity index (χ3n) is 2.55. The molecule has 0 amide bonds. The highest BCUT2D eigenvalue weighted by Gasteiger charge is 2.18. The van der Waals surface area contributed by atoms with Crippen LogP contribution in [0.1, 0.15) is 11.1 Å². The van der Waals surface area contributed by atoms with Crippen molar-refractivity contribution in [2.24, 2.45) is 11.7 Å². The molecule has 0 bridgehead atoms. The molecule has 1 aromatic carbocycles. The van der Waals surface area contributed by atoms with E-state index in [1.54, 1.807) is 0 Å². The fourth-order valence-corrected chi connectivity index (χ4v) is 1.53. The van der Waals surface area contributed by atoms with Crippen molar-refractivity contribution in [3.8, 4) is 0 Å². The number of aryl methyl sites for hydroxylation is 1. The predicted molar refractivity (Wildman–Crippen MR) is 59.4 cm³/mol. The SMILES string of the molecule is COC(=O)C(CN)Cc1ccccc1C. The molecule has 3 heteroatoms. The van der Waals surface area contributed by atoms with E-state index >= 15 is 0 Å². The largest absolute Gasteiger partial charge is 0.469 e. The van der Waals surface area contributed by atoms with Crippen molar-refractivity contribution in [1.29, 1.82) is 0 Å². The molecular formula is C12H17NO2.